The number of nitrogens with one attached hydrogen (secondary N) is 4. The third-order valence-electron chi connectivity index (χ3n) is 11.4. The lowest BCUT2D eigenvalue weighted by Crippen LogP contribution is -2.60. The summed E-state index contributed by atoms with van der Waals surface area (Å²) in [6, 6.07) is 12.2. The van der Waals surface area contributed by atoms with Crippen molar-refractivity contribution in [1.29, 1.82) is 0 Å². The SMILES string of the molecule is CC[C@H](C)[C@H](NC(=O)[C@@H](NC(=O)[C@H](CSC/C=C(\C)CC/C=C(\C)CCC=C(C)C)NC(=O)OCC1c2ccccc2-c2ccccc21)C(C)C)C(=O)N[C@@H](CCSC)C(=O)OC. The summed E-state index contributed by atoms with van der Waals surface area (Å²) in [6.45, 7) is 15.9. The standard InChI is InChI=1S/C50H72N4O7S2/c1-11-36(8)45(48(57)51-42(27-28-62-10)49(58)60-9)54-47(56)44(33(4)5)53-46(55)43(31-63-29-26-35(7)21-17-20-34(6)19-16-18-32(2)3)52-50(59)61-30-41-39-24-14-12-22-37(39)38-23-13-15-25-40(38)41/h12-15,18,20,22-26,33,36,41-45H,11,16-17,19,21,27-31H2,1-10H3,(H,51,57)(H,52,59)(H,53,55)(H,54,56)/b34-20+,35-26+/t36-,42-,43-,44-,45-/m0/s1. The average Bonchev–Trinajstić information content (AvgIpc) is 3.58. The number of alkyl carbamates (subject to hydrolysis) is 1. The number of amides is 4. The Morgan fingerprint density at radius 2 is 1.30 bits per heavy atom. The van der Waals surface area contributed by atoms with Gasteiger partial charge in [-0.2, -0.15) is 23.5 Å². The van der Waals surface area contributed by atoms with Gasteiger partial charge >= 0.3 is 12.1 Å². The molecule has 3 rings (SSSR count). The molecule has 13 heteroatoms. The molecule has 0 heterocycles. The van der Waals surface area contributed by atoms with E-state index in [4.69, 9.17) is 9.47 Å². The number of carbonyl (C=O) groups is 5. The summed E-state index contributed by atoms with van der Waals surface area (Å²) in [6.07, 6.45) is 12.8. The van der Waals surface area contributed by atoms with Gasteiger partial charge in [0.15, 0.2) is 0 Å². The minimum absolute atomic E-state index is 0.0797. The maximum atomic E-state index is 14.2. The zero-order valence-electron chi connectivity index (χ0n) is 39.1. The molecule has 2 aromatic rings. The van der Waals surface area contributed by atoms with Crippen LogP contribution in [0, 0.1) is 11.8 Å². The Bertz CT molecular complexity index is 1880. The highest BCUT2D eigenvalue weighted by atomic mass is 32.2. The zero-order chi connectivity index (χ0) is 46.5. The van der Waals surface area contributed by atoms with E-state index in [1.54, 1.807) is 13.8 Å². The topological polar surface area (TPSA) is 152 Å². The van der Waals surface area contributed by atoms with E-state index in [0.29, 0.717) is 24.3 Å². The van der Waals surface area contributed by atoms with Crippen LogP contribution < -0.4 is 21.3 Å². The lowest BCUT2D eigenvalue weighted by molar-refractivity contribution is -0.145. The van der Waals surface area contributed by atoms with E-state index in [0.717, 1.165) is 47.9 Å². The first-order valence-electron chi connectivity index (χ1n) is 22.2. The van der Waals surface area contributed by atoms with Gasteiger partial charge in [-0.1, -0.05) is 118 Å². The van der Waals surface area contributed by atoms with Crippen LogP contribution in [0.4, 0.5) is 4.79 Å². The molecule has 1 aliphatic rings. The Morgan fingerprint density at radius 1 is 0.730 bits per heavy atom. The smallest absolute Gasteiger partial charge is 0.407 e. The first kappa shape index (κ1) is 52.9. The highest BCUT2D eigenvalue weighted by molar-refractivity contribution is 7.99. The third-order valence-corrected chi connectivity index (χ3v) is 13.0. The van der Waals surface area contributed by atoms with Crippen LogP contribution in [0.2, 0.25) is 0 Å². The molecule has 346 valence electrons. The van der Waals surface area contributed by atoms with E-state index in [9.17, 15) is 24.0 Å². The lowest BCUT2D eigenvalue weighted by atomic mass is 9.96. The number of benzene rings is 2. The fourth-order valence-corrected chi connectivity index (χ4v) is 8.79. The van der Waals surface area contributed by atoms with Crippen LogP contribution >= 0.6 is 23.5 Å². The molecule has 0 aromatic heterocycles. The molecule has 4 N–H and O–H groups in total. The van der Waals surface area contributed by atoms with Crippen molar-refractivity contribution < 1.29 is 33.4 Å². The minimum atomic E-state index is -1.04. The highest BCUT2D eigenvalue weighted by Crippen LogP contribution is 2.44. The fourth-order valence-electron chi connectivity index (χ4n) is 7.31. The van der Waals surface area contributed by atoms with Gasteiger partial charge in [-0.05, 0) is 106 Å². The van der Waals surface area contributed by atoms with Crippen molar-refractivity contribution in [3.8, 4) is 11.1 Å². The number of ether oxygens (including phenoxy) is 2. The van der Waals surface area contributed by atoms with Gasteiger partial charge in [0, 0.05) is 17.4 Å². The Balaban J connectivity index is 1.76. The molecule has 0 radical (unpaired) electrons. The Morgan fingerprint density at radius 3 is 1.87 bits per heavy atom. The minimum Gasteiger partial charge on any atom is -0.467 e. The van der Waals surface area contributed by atoms with E-state index in [-0.39, 0.29) is 30.1 Å². The molecule has 0 aliphatic heterocycles. The van der Waals surface area contributed by atoms with E-state index >= 15 is 0 Å². The third kappa shape index (κ3) is 17.2. The van der Waals surface area contributed by atoms with Crippen LogP contribution in [0.3, 0.4) is 0 Å². The van der Waals surface area contributed by atoms with E-state index in [2.05, 4.69) is 79.3 Å². The molecule has 0 unspecified atom stereocenters. The molecule has 0 bridgehead atoms. The van der Waals surface area contributed by atoms with Gasteiger partial charge in [-0.25, -0.2) is 9.59 Å². The number of allylic oxidation sites excluding steroid dienone is 5. The molecule has 11 nitrogen and oxygen atoms in total. The zero-order valence-corrected chi connectivity index (χ0v) is 40.8. The molecule has 1 aliphatic carbocycles. The van der Waals surface area contributed by atoms with Gasteiger partial charge in [0.25, 0.3) is 0 Å². The number of hydrogen-bond acceptors (Lipinski definition) is 9. The summed E-state index contributed by atoms with van der Waals surface area (Å²) in [4.78, 5) is 67.9. The quantitative estimate of drug-likeness (QED) is 0.0412. The van der Waals surface area contributed by atoms with Crippen LogP contribution in [0.1, 0.15) is 111 Å². The Labute approximate surface area is 385 Å². The van der Waals surface area contributed by atoms with Gasteiger partial charge in [-0.15, -0.1) is 0 Å². The van der Waals surface area contributed by atoms with Crippen LogP contribution in [-0.4, -0.2) is 91.2 Å². The first-order valence-corrected chi connectivity index (χ1v) is 24.8. The van der Waals surface area contributed by atoms with Gasteiger partial charge in [0.2, 0.25) is 17.7 Å². The largest absolute Gasteiger partial charge is 0.467 e. The molecular formula is C50H72N4O7S2. The molecule has 0 saturated carbocycles. The van der Waals surface area contributed by atoms with E-state index < -0.39 is 54.0 Å². The second-order valence-electron chi connectivity index (χ2n) is 17.0. The summed E-state index contributed by atoms with van der Waals surface area (Å²) in [5.74, 6) is -1.54. The summed E-state index contributed by atoms with van der Waals surface area (Å²) >= 11 is 3.04. The number of fused-ring (bicyclic) bond motifs is 3. The Kier molecular flexibility index (Phi) is 23.2. The Hall–Kier alpha value is -4.49. The van der Waals surface area contributed by atoms with Gasteiger partial charge in [0.05, 0.1) is 7.11 Å². The van der Waals surface area contributed by atoms with Crippen molar-refractivity contribution in [3.63, 3.8) is 0 Å². The van der Waals surface area contributed by atoms with Crippen molar-refractivity contribution in [2.45, 2.75) is 124 Å². The number of rotatable bonds is 26. The average molecular weight is 905 g/mol. The molecule has 4 amide bonds. The van der Waals surface area contributed by atoms with Crippen molar-refractivity contribution in [3.05, 3.63) is 94.6 Å². The van der Waals surface area contributed by atoms with Gasteiger partial charge < -0.3 is 30.7 Å². The molecule has 0 saturated heterocycles. The highest BCUT2D eigenvalue weighted by Gasteiger charge is 2.35. The molecule has 0 spiro atoms. The van der Waals surface area contributed by atoms with Crippen LogP contribution in [0.25, 0.3) is 11.1 Å². The molecule has 2 aromatic carbocycles. The second kappa shape index (κ2) is 27.6. The van der Waals surface area contributed by atoms with Crippen molar-refractivity contribution in [1.82, 2.24) is 21.3 Å². The number of methoxy groups -OCH3 is 1. The molecular weight excluding hydrogens is 833 g/mol. The van der Waals surface area contributed by atoms with Crippen molar-refractivity contribution >= 4 is 53.3 Å². The van der Waals surface area contributed by atoms with E-state index in [1.165, 1.54) is 47.4 Å². The van der Waals surface area contributed by atoms with Gasteiger partial charge in [0.1, 0.15) is 30.8 Å². The normalized spacial score (nSPS) is 14.9. The summed E-state index contributed by atoms with van der Waals surface area (Å²) in [5.41, 5.74) is 8.31. The van der Waals surface area contributed by atoms with E-state index in [1.807, 2.05) is 56.5 Å². The lowest BCUT2D eigenvalue weighted by Gasteiger charge is -2.30. The van der Waals surface area contributed by atoms with Crippen LogP contribution in [0.5, 0.6) is 0 Å². The number of thioether (sulfide) groups is 2. The maximum absolute atomic E-state index is 14.2. The maximum Gasteiger partial charge on any atom is 0.407 e. The molecule has 63 heavy (non-hydrogen) atoms. The monoisotopic (exact) mass is 904 g/mol. The number of esters is 1. The van der Waals surface area contributed by atoms with Crippen LogP contribution in [0.15, 0.2) is 83.5 Å². The summed E-state index contributed by atoms with van der Waals surface area (Å²) < 4.78 is 10.8. The first-order chi connectivity index (χ1) is 30.1. The van der Waals surface area contributed by atoms with Crippen molar-refractivity contribution in [2.75, 3.05) is 37.2 Å². The number of carbonyl (C=O) groups excluding carboxylic acids is 5. The van der Waals surface area contributed by atoms with Gasteiger partial charge in [-0.3, -0.25) is 14.4 Å². The summed E-state index contributed by atoms with van der Waals surface area (Å²) in [5, 5.41) is 11.3. The fraction of sp³-hybridized carbons (Fsp3) is 0.540. The van der Waals surface area contributed by atoms with Crippen LogP contribution in [-0.2, 0) is 28.7 Å². The summed E-state index contributed by atoms with van der Waals surface area (Å²) in [7, 11) is 1.27. The molecule has 5 atom stereocenters. The second-order valence-corrected chi connectivity index (χ2v) is 19.0. The number of hydrogen-bond donors (Lipinski definition) is 4. The van der Waals surface area contributed by atoms with Crippen molar-refractivity contribution in [2.24, 2.45) is 11.8 Å². The molecule has 0 fully saturated rings. The predicted molar refractivity (Wildman–Crippen MR) is 260 cm³/mol. The predicted octanol–water partition coefficient (Wildman–Crippen LogP) is 9.13.